The zero-order valence-electron chi connectivity index (χ0n) is 12.4. The molecule has 4 heteroatoms. The standard InChI is InChI=1S/C16H22N4/c1-4-8-13-15(17-5-2)18-11-19-16(13)20-14-10-7-6-9-12(14)3/h6-7,9-11H,4-5,8H2,1-3H3,(H2,17,18,19,20). The van der Waals surface area contributed by atoms with Crippen LogP contribution < -0.4 is 10.6 Å². The second kappa shape index (κ2) is 6.89. The van der Waals surface area contributed by atoms with Crippen LogP contribution in [-0.4, -0.2) is 16.5 Å². The van der Waals surface area contributed by atoms with Crippen LogP contribution in [0.2, 0.25) is 0 Å². The Morgan fingerprint density at radius 2 is 1.80 bits per heavy atom. The van der Waals surface area contributed by atoms with Crippen molar-refractivity contribution in [2.75, 3.05) is 17.2 Å². The molecular weight excluding hydrogens is 248 g/mol. The van der Waals surface area contributed by atoms with Crippen LogP contribution in [0.5, 0.6) is 0 Å². The van der Waals surface area contributed by atoms with Crippen molar-refractivity contribution in [1.82, 2.24) is 9.97 Å². The van der Waals surface area contributed by atoms with Gasteiger partial charge < -0.3 is 10.6 Å². The van der Waals surface area contributed by atoms with Gasteiger partial charge in [-0.05, 0) is 31.9 Å². The Morgan fingerprint density at radius 3 is 2.50 bits per heavy atom. The van der Waals surface area contributed by atoms with E-state index in [2.05, 4.69) is 53.5 Å². The van der Waals surface area contributed by atoms with E-state index in [0.717, 1.165) is 42.3 Å². The van der Waals surface area contributed by atoms with Crippen LogP contribution >= 0.6 is 0 Å². The van der Waals surface area contributed by atoms with Crippen molar-refractivity contribution in [2.45, 2.75) is 33.6 Å². The van der Waals surface area contributed by atoms with Gasteiger partial charge in [-0.3, -0.25) is 0 Å². The van der Waals surface area contributed by atoms with Gasteiger partial charge in [-0.25, -0.2) is 9.97 Å². The van der Waals surface area contributed by atoms with E-state index >= 15 is 0 Å². The summed E-state index contributed by atoms with van der Waals surface area (Å²) in [6.45, 7) is 7.19. The van der Waals surface area contributed by atoms with E-state index < -0.39 is 0 Å². The van der Waals surface area contributed by atoms with Gasteiger partial charge in [0.1, 0.15) is 18.0 Å². The van der Waals surface area contributed by atoms with Crippen LogP contribution in [0, 0.1) is 6.92 Å². The first-order valence-electron chi connectivity index (χ1n) is 7.16. The van der Waals surface area contributed by atoms with E-state index in [-0.39, 0.29) is 0 Å². The highest BCUT2D eigenvalue weighted by Crippen LogP contribution is 2.26. The normalized spacial score (nSPS) is 10.3. The van der Waals surface area contributed by atoms with Crippen molar-refractivity contribution in [3.05, 3.63) is 41.7 Å². The summed E-state index contributed by atoms with van der Waals surface area (Å²) in [5, 5.41) is 6.74. The number of nitrogens with one attached hydrogen (secondary N) is 2. The lowest BCUT2D eigenvalue weighted by molar-refractivity contribution is 0.902. The molecule has 20 heavy (non-hydrogen) atoms. The Labute approximate surface area is 120 Å². The van der Waals surface area contributed by atoms with Gasteiger partial charge in [-0.1, -0.05) is 31.5 Å². The molecule has 0 unspecified atom stereocenters. The molecule has 0 radical (unpaired) electrons. The number of hydrogen-bond donors (Lipinski definition) is 2. The molecule has 0 amide bonds. The van der Waals surface area contributed by atoms with Crippen LogP contribution in [0.4, 0.5) is 17.3 Å². The first kappa shape index (κ1) is 14.3. The largest absolute Gasteiger partial charge is 0.370 e. The second-order valence-electron chi connectivity index (χ2n) is 4.77. The number of anilines is 3. The van der Waals surface area contributed by atoms with Gasteiger partial charge in [-0.2, -0.15) is 0 Å². The lowest BCUT2D eigenvalue weighted by Gasteiger charge is -2.15. The van der Waals surface area contributed by atoms with Gasteiger partial charge in [0.25, 0.3) is 0 Å². The molecule has 4 nitrogen and oxygen atoms in total. The van der Waals surface area contributed by atoms with E-state index in [1.54, 1.807) is 6.33 Å². The Bertz CT molecular complexity index is 566. The summed E-state index contributed by atoms with van der Waals surface area (Å²) in [6, 6.07) is 8.23. The highest BCUT2D eigenvalue weighted by Gasteiger charge is 2.11. The molecule has 2 N–H and O–H groups in total. The van der Waals surface area contributed by atoms with Crippen LogP contribution in [0.15, 0.2) is 30.6 Å². The van der Waals surface area contributed by atoms with Crippen molar-refractivity contribution < 1.29 is 0 Å². The molecule has 1 aromatic heterocycles. The van der Waals surface area contributed by atoms with Crippen molar-refractivity contribution in [2.24, 2.45) is 0 Å². The molecule has 1 aromatic carbocycles. The molecule has 1 heterocycles. The summed E-state index contributed by atoms with van der Waals surface area (Å²) in [6.07, 6.45) is 3.63. The number of aryl methyl sites for hydroxylation is 1. The van der Waals surface area contributed by atoms with Gasteiger partial charge >= 0.3 is 0 Å². The molecule has 0 aliphatic heterocycles. The fourth-order valence-electron chi connectivity index (χ4n) is 2.17. The molecular formula is C16H22N4. The number of benzene rings is 1. The number of rotatable bonds is 6. The van der Waals surface area contributed by atoms with Crippen LogP contribution in [0.25, 0.3) is 0 Å². The van der Waals surface area contributed by atoms with E-state index in [9.17, 15) is 0 Å². The molecule has 0 aliphatic carbocycles. The predicted octanol–water partition coefficient (Wildman–Crippen LogP) is 3.91. The first-order chi connectivity index (χ1) is 9.76. The first-order valence-corrected chi connectivity index (χ1v) is 7.16. The molecule has 0 aliphatic rings. The fourth-order valence-corrected chi connectivity index (χ4v) is 2.17. The Hall–Kier alpha value is -2.10. The van der Waals surface area contributed by atoms with Gasteiger partial charge in [0.2, 0.25) is 0 Å². The Kier molecular flexibility index (Phi) is 4.93. The van der Waals surface area contributed by atoms with Crippen molar-refractivity contribution in [3.63, 3.8) is 0 Å². The fraction of sp³-hybridized carbons (Fsp3) is 0.375. The third-order valence-corrected chi connectivity index (χ3v) is 3.19. The van der Waals surface area contributed by atoms with Crippen molar-refractivity contribution >= 4 is 17.3 Å². The number of hydrogen-bond acceptors (Lipinski definition) is 4. The van der Waals surface area contributed by atoms with E-state index in [1.165, 1.54) is 5.56 Å². The van der Waals surface area contributed by atoms with Gasteiger partial charge in [-0.15, -0.1) is 0 Å². The minimum absolute atomic E-state index is 0.859. The molecule has 0 fully saturated rings. The number of nitrogens with zero attached hydrogens (tertiary/aromatic N) is 2. The topological polar surface area (TPSA) is 49.8 Å². The van der Waals surface area contributed by atoms with Gasteiger partial charge in [0.15, 0.2) is 0 Å². The molecule has 2 rings (SSSR count). The lowest BCUT2D eigenvalue weighted by atomic mass is 10.1. The molecule has 0 spiro atoms. The predicted molar refractivity (Wildman–Crippen MR) is 84.7 cm³/mol. The summed E-state index contributed by atoms with van der Waals surface area (Å²) in [7, 11) is 0. The Balaban J connectivity index is 2.35. The SMILES string of the molecule is CCCc1c(NCC)ncnc1Nc1ccccc1C. The van der Waals surface area contributed by atoms with Crippen molar-refractivity contribution in [3.8, 4) is 0 Å². The minimum atomic E-state index is 0.859. The zero-order valence-corrected chi connectivity index (χ0v) is 12.4. The molecule has 0 saturated heterocycles. The monoisotopic (exact) mass is 270 g/mol. The molecule has 106 valence electrons. The highest BCUT2D eigenvalue weighted by atomic mass is 15.1. The van der Waals surface area contributed by atoms with Gasteiger partial charge in [0.05, 0.1) is 0 Å². The lowest BCUT2D eigenvalue weighted by Crippen LogP contribution is -2.08. The Morgan fingerprint density at radius 1 is 1.05 bits per heavy atom. The minimum Gasteiger partial charge on any atom is -0.370 e. The summed E-state index contributed by atoms with van der Waals surface area (Å²) in [5.41, 5.74) is 3.45. The van der Waals surface area contributed by atoms with Crippen LogP contribution in [0.1, 0.15) is 31.4 Å². The van der Waals surface area contributed by atoms with E-state index in [1.807, 2.05) is 12.1 Å². The average Bonchev–Trinajstić information content (AvgIpc) is 2.45. The maximum Gasteiger partial charge on any atom is 0.139 e. The summed E-state index contributed by atoms with van der Waals surface area (Å²) < 4.78 is 0. The summed E-state index contributed by atoms with van der Waals surface area (Å²) in [4.78, 5) is 8.76. The molecule has 0 atom stereocenters. The molecule has 0 bridgehead atoms. The second-order valence-corrected chi connectivity index (χ2v) is 4.77. The van der Waals surface area contributed by atoms with Crippen molar-refractivity contribution in [1.29, 1.82) is 0 Å². The summed E-state index contributed by atoms with van der Waals surface area (Å²) >= 11 is 0. The van der Waals surface area contributed by atoms with Crippen LogP contribution in [-0.2, 0) is 6.42 Å². The zero-order chi connectivity index (χ0) is 14.4. The quantitative estimate of drug-likeness (QED) is 0.835. The smallest absolute Gasteiger partial charge is 0.139 e. The van der Waals surface area contributed by atoms with Gasteiger partial charge in [0, 0.05) is 17.8 Å². The molecule has 0 saturated carbocycles. The maximum atomic E-state index is 4.41. The highest BCUT2D eigenvalue weighted by molar-refractivity contribution is 5.66. The number of aromatic nitrogens is 2. The summed E-state index contributed by atoms with van der Waals surface area (Å²) in [5.74, 6) is 1.83. The maximum absolute atomic E-state index is 4.41. The third kappa shape index (κ3) is 3.26. The van der Waals surface area contributed by atoms with E-state index in [0.29, 0.717) is 0 Å². The number of para-hydroxylation sites is 1. The van der Waals surface area contributed by atoms with Crippen LogP contribution in [0.3, 0.4) is 0 Å². The average molecular weight is 270 g/mol. The molecule has 2 aromatic rings. The van der Waals surface area contributed by atoms with E-state index in [4.69, 9.17) is 0 Å². The third-order valence-electron chi connectivity index (χ3n) is 3.19.